The molecule has 2 amide bonds. The lowest BCUT2D eigenvalue weighted by atomic mass is 9.76. The quantitative estimate of drug-likeness (QED) is 0.855. The number of amides is 2. The van der Waals surface area contributed by atoms with Crippen LogP contribution < -0.4 is 5.32 Å². The maximum atomic E-state index is 12.4. The standard InChI is InChI=1S/C16H18ClNO3/c1-9-6-7-13(21-9)11-8-14(19)18-16(20)15(11)10-4-2-3-5-12(10)17/h2-5,9,11,13,15H,6-8H2,1H3,(H,18,19,20). The molecule has 0 radical (unpaired) electrons. The maximum absolute atomic E-state index is 12.4. The summed E-state index contributed by atoms with van der Waals surface area (Å²) in [4.78, 5) is 24.1. The van der Waals surface area contributed by atoms with Crippen molar-refractivity contribution in [1.29, 1.82) is 0 Å². The molecule has 1 aromatic carbocycles. The Morgan fingerprint density at radius 2 is 2.00 bits per heavy atom. The van der Waals surface area contributed by atoms with Crippen LogP contribution in [0.4, 0.5) is 0 Å². The number of hydrogen-bond donors (Lipinski definition) is 1. The van der Waals surface area contributed by atoms with Crippen molar-refractivity contribution in [2.24, 2.45) is 5.92 Å². The van der Waals surface area contributed by atoms with Gasteiger partial charge in [-0.3, -0.25) is 14.9 Å². The van der Waals surface area contributed by atoms with Gasteiger partial charge in [-0.1, -0.05) is 29.8 Å². The number of benzene rings is 1. The monoisotopic (exact) mass is 307 g/mol. The van der Waals surface area contributed by atoms with Gasteiger partial charge in [-0.25, -0.2) is 0 Å². The van der Waals surface area contributed by atoms with Crippen LogP contribution in [0.5, 0.6) is 0 Å². The van der Waals surface area contributed by atoms with Gasteiger partial charge in [0.15, 0.2) is 0 Å². The van der Waals surface area contributed by atoms with Gasteiger partial charge < -0.3 is 4.74 Å². The van der Waals surface area contributed by atoms with E-state index >= 15 is 0 Å². The van der Waals surface area contributed by atoms with E-state index in [1.807, 2.05) is 25.1 Å². The molecule has 0 spiro atoms. The molecule has 21 heavy (non-hydrogen) atoms. The van der Waals surface area contributed by atoms with E-state index in [1.54, 1.807) is 6.07 Å². The van der Waals surface area contributed by atoms with Crippen LogP contribution in [0.2, 0.25) is 5.02 Å². The molecular weight excluding hydrogens is 290 g/mol. The maximum Gasteiger partial charge on any atom is 0.234 e. The van der Waals surface area contributed by atoms with Crippen LogP contribution in [-0.2, 0) is 14.3 Å². The zero-order chi connectivity index (χ0) is 15.0. The van der Waals surface area contributed by atoms with Gasteiger partial charge >= 0.3 is 0 Å². The van der Waals surface area contributed by atoms with Crippen LogP contribution in [0.1, 0.15) is 37.7 Å². The highest BCUT2D eigenvalue weighted by Gasteiger charge is 2.44. The fourth-order valence-corrected chi connectivity index (χ4v) is 3.64. The van der Waals surface area contributed by atoms with Gasteiger partial charge in [-0.05, 0) is 31.4 Å². The van der Waals surface area contributed by atoms with Gasteiger partial charge in [0, 0.05) is 17.4 Å². The molecule has 0 aliphatic carbocycles. The molecule has 1 N–H and O–H groups in total. The van der Waals surface area contributed by atoms with E-state index in [1.165, 1.54) is 0 Å². The van der Waals surface area contributed by atoms with Crippen molar-refractivity contribution >= 4 is 23.4 Å². The summed E-state index contributed by atoms with van der Waals surface area (Å²) in [5, 5.41) is 2.99. The fourth-order valence-electron chi connectivity index (χ4n) is 3.39. The number of carbonyl (C=O) groups is 2. The Balaban J connectivity index is 1.95. The molecule has 0 aromatic heterocycles. The molecule has 4 nitrogen and oxygen atoms in total. The summed E-state index contributed by atoms with van der Waals surface area (Å²) in [5.41, 5.74) is 0.775. The first-order valence-electron chi connectivity index (χ1n) is 7.30. The van der Waals surface area contributed by atoms with E-state index in [4.69, 9.17) is 16.3 Å². The lowest BCUT2D eigenvalue weighted by Gasteiger charge is -2.34. The summed E-state index contributed by atoms with van der Waals surface area (Å²) in [6.07, 6.45) is 2.27. The number of halogens is 1. The Labute approximate surface area is 128 Å². The van der Waals surface area contributed by atoms with Crippen molar-refractivity contribution in [2.45, 2.75) is 44.3 Å². The van der Waals surface area contributed by atoms with E-state index in [9.17, 15) is 9.59 Å². The molecule has 2 aliphatic heterocycles. The number of hydrogen-bond acceptors (Lipinski definition) is 3. The predicted molar refractivity (Wildman–Crippen MR) is 79.0 cm³/mol. The molecule has 2 aliphatic rings. The van der Waals surface area contributed by atoms with Crippen molar-refractivity contribution in [3.8, 4) is 0 Å². The van der Waals surface area contributed by atoms with Crippen molar-refractivity contribution in [2.75, 3.05) is 0 Å². The molecule has 3 rings (SSSR count). The summed E-state index contributed by atoms with van der Waals surface area (Å²) in [6, 6.07) is 7.32. The molecule has 2 saturated heterocycles. The van der Waals surface area contributed by atoms with Crippen LogP contribution in [0.3, 0.4) is 0 Å². The summed E-state index contributed by atoms with van der Waals surface area (Å²) >= 11 is 6.25. The highest BCUT2D eigenvalue weighted by atomic mass is 35.5. The molecule has 0 saturated carbocycles. The molecule has 1 aromatic rings. The van der Waals surface area contributed by atoms with Gasteiger partial charge in [0.2, 0.25) is 11.8 Å². The van der Waals surface area contributed by atoms with Gasteiger partial charge in [0.25, 0.3) is 0 Å². The van der Waals surface area contributed by atoms with E-state index in [0.29, 0.717) is 11.4 Å². The minimum Gasteiger partial charge on any atom is -0.375 e. The number of ether oxygens (including phenoxy) is 1. The number of imide groups is 1. The van der Waals surface area contributed by atoms with Crippen LogP contribution in [0.15, 0.2) is 24.3 Å². The van der Waals surface area contributed by atoms with Gasteiger partial charge in [0.1, 0.15) is 0 Å². The summed E-state index contributed by atoms with van der Waals surface area (Å²) in [5.74, 6) is -1.06. The van der Waals surface area contributed by atoms with Crippen molar-refractivity contribution in [3.63, 3.8) is 0 Å². The molecule has 4 unspecified atom stereocenters. The molecule has 4 atom stereocenters. The van der Waals surface area contributed by atoms with E-state index < -0.39 is 5.92 Å². The molecule has 112 valence electrons. The number of piperidine rings is 1. The minimum atomic E-state index is -0.424. The lowest BCUT2D eigenvalue weighted by molar-refractivity contribution is -0.139. The Hall–Kier alpha value is -1.39. The Bertz CT molecular complexity index is 574. The Kier molecular flexibility index (Phi) is 4.00. The summed E-state index contributed by atoms with van der Waals surface area (Å²) < 4.78 is 5.91. The second kappa shape index (κ2) is 5.78. The third kappa shape index (κ3) is 2.83. The SMILES string of the molecule is CC1CCC(C2CC(=O)NC(=O)C2c2ccccc2Cl)O1. The number of nitrogens with one attached hydrogen (secondary N) is 1. The minimum absolute atomic E-state index is 0.0590. The second-order valence-corrected chi connectivity index (χ2v) is 6.25. The molecular formula is C16H18ClNO3. The van der Waals surface area contributed by atoms with Crippen LogP contribution in [0, 0.1) is 5.92 Å². The van der Waals surface area contributed by atoms with Crippen LogP contribution in [-0.4, -0.2) is 24.0 Å². The van der Waals surface area contributed by atoms with Crippen LogP contribution >= 0.6 is 11.6 Å². The van der Waals surface area contributed by atoms with Crippen molar-refractivity contribution in [3.05, 3.63) is 34.9 Å². The third-order valence-electron chi connectivity index (χ3n) is 4.38. The molecule has 0 bridgehead atoms. The van der Waals surface area contributed by atoms with Gasteiger partial charge in [0.05, 0.1) is 18.1 Å². The highest BCUT2D eigenvalue weighted by Crippen LogP contribution is 2.40. The fraction of sp³-hybridized carbons (Fsp3) is 0.500. The second-order valence-electron chi connectivity index (χ2n) is 5.84. The zero-order valence-electron chi connectivity index (χ0n) is 11.8. The summed E-state index contributed by atoms with van der Waals surface area (Å²) in [6.45, 7) is 2.02. The largest absolute Gasteiger partial charge is 0.375 e. The van der Waals surface area contributed by atoms with E-state index in [-0.39, 0.29) is 29.9 Å². The lowest BCUT2D eigenvalue weighted by Crippen LogP contribution is -2.48. The van der Waals surface area contributed by atoms with Gasteiger partial charge in [-0.2, -0.15) is 0 Å². The Morgan fingerprint density at radius 1 is 1.24 bits per heavy atom. The molecule has 2 heterocycles. The highest BCUT2D eigenvalue weighted by molar-refractivity contribution is 6.31. The average molecular weight is 308 g/mol. The first-order valence-corrected chi connectivity index (χ1v) is 7.67. The average Bonchev–Trinajstić information content (AvgIpc) is 2.86. The topological polar surface area (TPSA) is 55.4 Å². The molecule has 5 heteroatoms. The summed E-state index contributed by atoms with van der Waals surface area (Å²) in [7, 11) is 0. The predicted octanol–water partition coefficient (Wildman–Crippen LogP) is 2.65. The first-order chi connectivity index (χ1) is 10.1. The Morgan fingerprint density at radius 3 is 2.67 bits per heavy atom. The van der Waals surface area contributed by atoms with Crippen molar-refractivity contribution < 1.29 is 14.3 Å². The van der Waals surface area contributed by atoms with Crippen LogP contribution in [0.25, 0.3) is 0 Å². The third-order valence-corrected chi connectivity index (χ3v) is 4.72. The number of carbonyl (C=O) groups excluding carboxylic acids is 2. The smallest absolute Gasteiger partial charge is 0.234 e. The van der Waals surface area contributed by atoms with Gasteiger partial charge in [-0.15, -0.1) is 0 Å². The first kappa shape index (κ1) is 14.5. The molecule has 2 fully saturated rings. The van der Waals surface area contributed by atoms with E-state index in [2.05, 4.69) is 5.32 Å². The number of rotatable bonds is 2. The van der Waals surface area contributed by atoms with E-state index in [0.717, 1.165) is 18.4 Å². The normalized spacial score (nSPS) is 33.0. The van der Waals surface area contributed by atoms with Crippen molar-refractivity contribution in [1.82, 2.24) is 5.32 Å². The zero-order valence-corrected chi connectivity index (χ0v) is 12.6.